The number of anilines is 2. The first kappa shape index (κ1) is 23.0. The van der Waals surface area contributed by atoms with Gasteiger partial charge < -0.3 is 15.4 Å². The van der Waals surface area contributed by atoms with Gasteiger partial charge in [0, 0.05) is 42.0 Å². The number of fused-ring (bicyclic) bond motifs is 1. The van der Waals surface area contributed by atoms with Crippen molar-refractivity contribution in [2.24, 2.45) is 0 Å². The largest absolute Gasteiger partial charge is 0.494 e. The van der Waals surface area contributed by atoms with Crippen molar-refractivity contribution in [3.8, 4) is 22.7 Å². The molecule has 0 saturated carbocycles. The summed E-state index contributed by atoms with van der Waals surface area (Å²) < 4.78 is 7.86. The van der Waals surface area contributed by atoms with E-state index in [1.54, 1.807) is 7.11 Å². The Bertz CT molecular complexity index is 1360. The van der Waals surface area contributed by atoms with Crippen LogP contribution in [0.2, 0.25) is 0 Å². The molecule has 1 aromatic heterocycles. The molecule has 1 aliphatic rings. The third-order valence-corrected chi connectivity index (χ3v) is 6.90. The molecule has 0 amide bonds. The second kappa shape index (κ2) is 8.81. The molecule has 3 aromatic carbocycles. The maximum atomic E-state index is 6.04. The Hall–Kier alpha value is -3.73. The van der Waals surface area contributed by atoms with Gasteiger partial charge in [-0.3, -0.25) is 0 Å². The number of nitrogens with two attached hydrogens (primary N) is 1. The molecule has 0 saturated heterocycles. The Morgan fingerprint density at radius 2 is 1.69 bits per heavy atom. The number of para-hydroxylation sites is 2. The maximum Gasteiger partial charge on any atom is 0.144 e. The third-order valence-electron chi connectivity index (χ3n) is 6.90. The van der Waals surface area contributed by atoms with Crippen LogP contribution < -0.4 is 15.4 Å². The maximum absolute atomic E-state index is 6.04. The molecule has 0 aliphatic carbocycles. The minimum Gasteiger partial charge on any atom is -0.494 e. The van der Waals surface area contributed by atoms with Crippen molar-refractivity contribution in [3.63, 3.8) is 0 Å². The normalized spacial score (nSPS) is 13.6. The Labute approximate surface area is 208 Å². The van der Waals surface area contributed by atoms with Gasteiger partial charge >= 0.3 is 0 Å². The van der Waals surface area contributed by atoms with E-state index >= 15 is 0 Å². The molecule has 1 aliphatic heterocycles. The minimum atomic E-state index is 0.0648. The van der Waals surface area contributed by atoms with Crippen LogP contribution in [0.4, 0.5) is 11.4 Å². The SMILES string of the molecule is COc1cccc(C)c1-n1nc2c(c1-c1ccc(N)cc1)CN(c1ccccc1C(C)(C)C)CC2. The number of aryl methyl sites for hydroxylation is 1. The molecule has 0 atom stereocenters. The molecule has 0 unspecified atom stereocenters. The molecule has 180 valence electrons. The molecule has 2 heterocycles. The predicted molar refractivity (Wildman–Crippen MR) is 145 cm³/mol. The Kier molecular flexibility index (Phi) is 5.79. The zero-order chi connectivity index (χ0) is 24.7. The molecule has 4 aromatic rings. The van der Waals surface area contributed by atoms with Crippen molar-refractivity contribution in [1.82, 2.24) is 9.78 Å². The first-order valence-electron chi connectivity index (χ1n) is 12.2. The van der Waals surface area contributed by atoms with Crippen LogP contribution in [0.3, 0.4) is 0 Å². The molecule has 0 fully saturated rings. The van der Waals surface area contributed by atoms with Gasteiger partial charge in [-0.15, -0.1) is 0 Å². The second-order valence-corrected chi connectivity index (χ2v) is 10.4. The van der Waals surface area contributed by atoms with Crippen molar-refractivity contribution in [3.05, 3.63) is 89.1 Å². The quantitative estimate of drug-likeness (QED) is 0.359. The Balaban J connectivity index is 1.69. The monoisotopic (exact) mass is 466 g/mol. The highest BCUT2D eigenvalue weighted by molar-refractivity contribution is 5.72. The van der Waals surface area contributed by atoms with Crippen LogP contribution in [0.5, 0.6) is 5.75 Å². The fourth-order valence-corrected chi connectivity index (χ4v) is 5.13. The summed E-state index contributed by atoms with van der Waals surface area (Å²) in [6.07, 6.45) is 0.886. The van der Waals surface area contributed by atoms with E-state index in [1.807, 2.05) is 24.3 Å². The molecule has 35 heavy (non-hydrogen) atoms. The van der Waals surface area contributed by atoms with Crippen molar-refractivity contribution in [2.45, 2.75) is 46.1 Å². The smallest absolute Gasteiger partial charge is 0.144 e. The van der Waals surface area contributed by atoms with Crippen molar-refractivity contribution in [1.29, 1.82) is 0 Å². The van der Waals surface area contributed by atoms with Gasteiger partial charge in [0.25, 0.3) is 0 Å². The van der Waals surface area contributed by atoms with Gasteiger partial charge in [0.1, 0.15) is 11.4 Å². The molecule has 2 N–H and O–H groups in total. The molecule has 0 bridgehead atoms. The summed E-state index contributed by atoms with van der Waals surface area (Å²) in [5, 5.41) is 5.17. The van der Waals surface area contributed by atoms with E-state index in [2.05, 4.69) is 79.7 Å². The minimum absolute atomic E-state index is 0.0648. The molecule has 0 spiro atoms. The summed E-state index contributed by atoms with van der Waals surface area (Å²) in [5.74, 6) is 0.816. The molecule has 5 nitrogen and oxygen atoms in total. The Morgan fingerprint density at radius 1 is 0.943 bits per heavy atom. The predicted octanol–water partition coefficient (Wildman–Crippen LogP) is 6.30. The number of hydrogen-bond donors (Lipinski definition) is 1. The number of hydrogen-bond acceptors (Lipinski definition) is 4. The van der Waals surface area contributed by atoms with Crippen molar-refractivity contribution in [2.75, 3.05) is 24.3 Å². The standard InChI is InChI=1S/C30H34N4O/c1-20-9-8-12-27(35-5)28(20)34-29(21-13-15-22(31)16-14-21)23-19-33(18-17-25(23)32-34)26-11-7-6-10-24(26)30(2,3)4/h6-16H,17-19,31H2,1-5H3. The number of nitrogens with zero attached hydrogens (tertiary/aromatic N) is 3. The van der Waals surface area contributed by atoms with Crippen molar-refractivity contribution < 1.29 is 4.74 Å². The van der Waals surface area contributed by atoms with Crippen LogP contribution in [-0.2, 0) is 18.4 Å². The van der Waals surface area contributed by atoms with Crippen LogP contribution in [-0.4, -0.2) is 23.4 Å². The lowest BCUT2D eigenvalue weighted by atomic mass is 9.85. The van der Waals surface area contributed by atoms with Crippen LogP contribution in [0.25, 0.3) is 16.9 Å². The lowest BCUT2D eigenvalue weighted by Gasteiger charge is -2.34. The molecule has 5 rings (SSSR count). The van der Waals surface area contributed by atoms with Gasteiger partial charge in [-0.1, -0.05) is 63.2 Å². The van der Waals surface area contributed by atoms with Crippen molar-refractivity contribution >= 4 is 11.4 Å². The third kappa shape index (κ3) is 4.16. The number of benzene rings is 3. The van der Waals surface area contributed by atoms with E-state index in [0.717, 1.165) is 59.1 Å². The fraction of sp³-hybridized carbons (Fsp3) is 0.300. The van der Waals surface area contributed by atoms with Gasteiger partial charge in [0.2, 0.25) is 0 Å². The lowest BCUT2D eigenvalue weighted by molar-refractivity contribution is 0.411. The summed E-state index contributed by atoms with van der Waals surface area (Å²) in [4.78, 5) is 2.50. The average Bonchev–Trinajstić information content (AvgIpc) is 3.22. The summed E-state index contributed by atoms with van der Waals surface area (Å²) in [7, 11) is 1.72. The van der Waals surface area contributed by atoms with E-state index in [1.165, 1.54) is 16.8 Å². The van der Waals surface area contributed by atoms with Gasteiger partial charge in [-0.25, -0.2) is 4.68 Å². The average molecular weight is 467 g/mol. The summed E-state index contributed by atoms with van der Waals surface area (Å²) in [5.41, 5.74) is 16.2. The second-order valence-electron chi connectivity index (χ2n) is 10.4. The number of ether oxygens (including phenoxy) is 1. The number of rotatable bonds is 4. The lowest BCUT2D eigenvalue weighted by Crippen LogP contribution is -2.32. The zero-order valence-electron chi connectivity index (χ0n) is 21.3. The number of nitrogen functional groups attached to an aromatic ring is 1. The van der Waals surface area contributed by atoms with Gasteiger partial charge in [0.05, 0.1) is 18.5 Å². The molecular formula is C30H34N4O. The fourth-order valence-electron chi connectivity index (χ4n) is 5.13. The number of aromatic nitrogens is 2. The van der Waals surface area contributed by atoms with Crippen LogP contribution in [0.15, 0.2) is 66.7 Å². The van der Waals surface area contributed by atoms with Crippen LogP contribution in [0, 0.1) is 6.92 Å². The molecular weight excluding hydrogens is 432 g/mol. The highest BCUT2D eigenvalue weighted by Crippen LogP contribution is 2.39. The van der Waals surface area contributed by atoms with Gasteiger partial charge in [-0.2, -0.15) is 5.10 Å². The summed E-state index contributed by atoms with van der Waals surface area (Å²) in [6.45, 7) is 10.7. The van der Waals surface area contributed by atoms with Crippen LogP contribution in [0.1, 0.15) is 43.2 Å². The first-order chi connectivity index (χ1) is 16.8. The highest BCUT2D eigenvalue weighted by Gasteiger charge is 2.30. The summed E-state index contributed by atoms with van der Waals surface area (Å²) in [6, 6.07) is 23.0. The van der Waals surface area contributed by atoms with Gasteiger partial charge in [-0.05, 0) is 47.7 Å². The topological polar surface area (TPSA) is 56.3 Å². The zero-order valence-corrected chi connectivity index (χ0v) is 21.3. The highest BCUT2D eigenvalue weighted by atomic mass is 16.5. The van der Waals surface area contributed by atoms with E-state index in [0.29, 0.717) is 0 Å². The first-order valence-corrected chi connectivity index (χ1v) is 12.2. The summed E-state index contributed by atoms with van der Waals surface area (Å²) >= 11 is 0. The van der Waals surface area contributed by atoms with E-state index in [-0.39, 0.29) is 5.41 Å². The van der Waals surface area contributed by atoms with E-state index in [4.69, 9.17) is 15.6 Å². The van der Waals surface area contributed by atoms with E-state index in [9.17, 15) is 0 Å². The van der Waals surface area contributed by atoms with E-state index < -0.39 is 0 Å². The number of methoxy groups -OCH3 is 1. The van der Waals surface area contributed by atoms with Gasteiger partial charge in [0.15, 0.2) is 0 Å². The molecule has 0 radical (unpaired) electrons. The van der Waals surface area contributed by atoms with Crippen LogP contribution >= 0.6 is 0 Å². The molecule has 5 heteroatoms. The Morgan fingerprint density at radius 3 is 2.40 bits per heavy atom.